The number of nitrogens with zero attached hydrogens (tertiary/aromatic N) is 1. The fourth-order valence-corrected chi connectivity index (χ4v) is 2.50. The number of aromatic nitrogens is 1. The third-order valence-corrected chi connectivity index (χ3v) is 3.66. The lowest BCUT2D eigenvalue weighted by molar-refractivity contribution is 0.0993. The van der Waals surface area contributed by atoms with Crippen molar-refractivity contribution in [3.8, 4) is 0 Å². The third-order valence-electron chi connectivity index (χ3n) is 3.37. The largest absolute Gasteiger partial charge is 0.294 e. The van der Waals surface area contributed by atoms with E-state index in [9.17, 15) is 9.18 Å². The Morgan fingerprint density at radius 3 is 2.81 bits per heavy atom. The Bertz CT molecular complexity index is 827. The number of hydrogen-bond acceptors (Lipinski definition) is 2. The summed E-state index contributed by atoms with van der Waals surface area (Å²) in [6.07, 6.45) is 3.30. The molecule has 104 valence electrons. The third kappa shape index (κ3) is 2.65. The average Bonchev–Trinajstić information content (AvgIpc) is 2.51. The van der Waals surface area contributed by atoms with Gasteiger partial charge in [-0.2, -0.15) is 0 Å². The van der Waals surface area contributed by atoms with Crippen molar-refractivity contribution in [3.63, 3.8) is 0 Å². The van der Waals surface area contributed by atoms with Gasteiger partial charge in [0.1, 0.15) is 5.82 Å². The zero-order chi connectivity index (χ0) is 14.8. The molecule has 3 aromatic rings. The Hall–Kier alpha value is -2.26. The predicted octanol–water partition coefficient (Wildman–Crippen LogP) is 4.45. The quantitative estimate of drug-likeness (QED) is 0.669. The molecule has 0 bridgehead atoms. The van der Waals surface area contributed by atoms with Crippen LogP contribution in [0.2, 0.25) is 5.02 Å². The van der Waals surface area contributed by atoms with Crippen molar-refractivity contribution in [1.82, 2.24) is 4.98 Å². The topological polar surface area (TPSA) is 30.0 Å². The molecule has 0 unspecified atom stereocenters. The van der Waals surface area contributed by atoms with E-state index >= 15 is 0 Å². The standard InChI is InChI=1S/C17H11ClFNO/c18-15-6-2-4-12(17(15)19)9-16(21)13-5-1-3-11-7-8-20-10-14(11)13/h1-8,10H,9H2. The van der Waals surface area contributed by atoms with Crippen LogP contribution >= 0.6 is 11.6 Å². The molecule has 1 heterocycles. The van der Waals surface area contributed by atoms with Crippen LogP contribution in [-0.2, 0) is 6.42 Å². The van der Waals surface area contributed by atoms with Crippen molar-refractivity contribution >= 4 is 28.2 Å². The number of benzene rings is 2. The van der Waals surface area contributed by atoms with Gasteiger partial charge in [-0.3, -0.25) is 9.78 Å². The molecule has 0 aliphatic heterocycles. The highest BCUT2D eigenvalue weighted by Crippen LogP contribution is 2.22. The van der Waals surface area contributed by atoms with Crippen molar-refractivity contribution in [2.24, 2.45) is 0 Å². The Balaban J connectivity index is 2.00. The first-order valence-corrected chi connectivity index (χ1v) is 6.83. The Labute approximate surface area is 126 Å². The van der Waals surface area contributed by atoms with Crippen molar-refractivity contribution in [3.05, 3.63) is 76.8 Å². The van der Waals surface area contributed by atoms with Gasteiger partial charge >= 0.3 is 0 Å². The van der Waals surface area contributed by atoms with Gasteiger partial charge in [0.15, 0.2) is 5.78 Å². The summed E-state index contributed by atoms with van der Waals surface area (Å²) in [6, 6.07) is 12.0. The lowest BCUT2D eigenvalue weighted by Gasteiger charge is -2.07. The summed E-state index contributed by atoms with van der Waals surface area (Å²) in [4.78, 5) is 16.5. The van der Waals surface area contributed by atoms with Gasteiger partial charge in [0.05, 0.1) is 5.02 Å². The summed E-state index contributed by atoms with van der Waals surface area (Å²) >= 11 is 5.74. The number of carbonyl (C=O) groups excluding carboxylic acids is 1. The molecule has 0 saturated heterocycles. The van der Waals surface area contributed by atoms with Gasteiger partial charge in [0.2, 0.25) is 0 Å². The molecular weight excluding hydrogens is 289 g/mol. The molecule has 0 saturated carbocycles. The minimum Gasteiger partial charge on any atom is -0.294 e. The maximum absolute atomic E-state index is 13.9. The van der Waals surface area contributed by atoms with E-state index in [2.05, 4.69) is 4.98 Å². The van der Waals surface area contributed by atoms with Crippen LogP contribution < -0.4 is 0 Å². The van der Waals surface area contributed by atoms with Gasteiger partial charge in [0.25, 0.3) is 0 Å². The number of pyridine rings is 1. The fourth-order valence-electron chi connectivity index (χ4n) is 2.31. The monoisotopic (exact) mass is 299 g/mol. The van der Waals surface area contributed by atoms with Crippen molar-refractivity contribution < 1.29 is 9.18 Å². The van der Waals surface area contributed by atoms with Crippen LogP contribution in [0.1, 0.15) is 15.9 Å². The van der Waals surface area contributed by atoms with E-state index < -0.39 is 5.82 Å². The number of carbonyl (C=O) groups is 1. The van der Waals surface area contributed by atoms with Gasteiger partial charge < -0.3 is 0 Å². The zero-order valence-corrected chi connectivity index (χ0v) is 11.8. The van der Waals surface area contributed by atoms with Crippen LogP contribution in [0.4, 0.5) is 4.39 Å². The zero-order valence-electron chi connectivity index (χ0n) is 11.0. The van der Waals surface area contributed by atoms with Crippen LogP contribution in [0.5, 0.6) is 0 Å². The van der Waals surface area contributed by atoms with Crippen LogP contribution in [0, 0.1) is 5.82 Å². The second-order valence-electron chi connectivity index (χ2n) is 4.72. The molecule has 0 radical (unpaired) electrons. The van der Waals surface area contributed by atoms with E-state index in [-0.39, 0.29) is 17.2 Å². The van der Waals surface area contributed by atoms with E-state index in [1.54, 1.807) is 30.6 Å². The minimum absolute atomic E-state index is 0.0274. The van der Waals surface area contributed by atoms with E-state index in [1.807, 2.05) is 18.2 Å². The van der Waals surface area contributed by atoms with Crippen molar-refractivity contribution in [2.75, 3.05) is 0 Å². The minimum atomic E-state index is -0.536. The predicted molar refractivity (Wildman–Crippen MR) is 81.2 cm³/mol. The van der Waals surface area contributed by atoms with E-state index in [4.69, 9.17) is 11.6 Å². The van der Waals surface area contributed by atoms with Crippen molar-refractivity contribution in [2.45, 2.75) is 6.42 Å². The van der Waals surface area contributed by atoms with Crippen LogP contribution in [0.25, 0.3) is 10.8 Å². The molecule has 2 aromatic carbocycles. The molecule has 0 amide bonds. The van der Waals surface area contributed by atoms with E-state index in [1.165, 1.54) is 6.07 Å². The van der Waals surface area contributed by atoms with Gasteiger partial charge in [-0.15, -0.1) is 0 Å². The summed E-state index contributed by atoms with van der Waals surface area (Å²) in [7, 11) is 0. The summed E-state index contributed by atoms with van der Waals surface area (Å²) < 4.78 is 13.9. The first-order valence-electron chi connectivity index (χ1n) is 6.45. The Morgan fingerprint density at radius 2 is 1.95 bits per heavy atom. The number of ketones is 1. The molecule has 0 spiro atoms. The van der Waals surface area contributed by atoms with Gasteiger partial charge in [-0.25, -0.2) is 4.39 Å². The smallest absolute Gasteiger partial charge is 0.168 e. The maximum atomic E-state index is 13.9. The molecule has 3 rings (SSSR count). The van der Waals surface area contributed by atoms with Gasteiger partial charge in [-0.05, 0) is 23.1 Å². The van der Waals surface area contributed by atoms with Crippen LogP contribution in [0.3, 0.4) is 0 Å². The molecule has 0 atom stereocenters. The Morgan fingerprint density at radius 1 is 1.14 bits per heavy atom. The highest BCUT2D eigenvalue weighted by Gasteiger charge is 2.14. The molecule has 21 heavy (non-hydrogen) atoms. The second-order valence-corrected chi connectivity index (χ2v) is 5.12. The summed E-state index contributed by atoms with van der Waals surface area (Å²) in [5, 5.41) is 1.73. The number of fused-ring (bicyclic) bond motifs is 1. The fraction of sp³-hybridized carbons (Fsp3) is 0.0588. The number of Topliss-reactive ketones (excluding diaryl/α,β-unsaturated/α-hetero) is 1. The summed E-state index contributed by atoms with van der Waals surface area (Å²) in [6.45, 7) is 0. The molecule has 4 heteroatoms. The second kappa shape index (κ2) is 5.62. The molecule has 0 aliphatic carbocycles. The van der Waals surface area contributed by atoms with Gasteiger partial charge in [-0.1, -0.05) is 41.9 Å². The highest BCUT2D eigenvalue weighted by molar-refractivity contribution is 6.30. The Kier molecular flexibility index (Phi) is 3.67. The molecule has 2 nitrogen and oxygen atoms in total. The molecule has 0 N–H and O–H groups in total. The van der Waals surface area contributed by atoms with Crippen LogP contribution in [-0.4, -0.2) is 10.8 Å². The molecule has 0 fully saturated rings. The maximum Gasteiger partial charge on any atom is 0.168 e. The molecule has 0 aliphatic rings. The first kappa shape index (κ1) is 13.7. The number of halogens is 2. The molecular formula is C17H11ClFNO. The lowest BCUT2D eigenvalue weighted by Crippen LogP contribution is -2.06. The summed E-state index contributed by atoms with van der Waals surface area (Å²) in [5.74, 6) is -0.694. The van der Waals surface area contributed by atoms with Gasteiger partial charge in [0, 0.05) is 29.8 Å². The number of rotatable bonds is 3. The lowest BCUT2D eigenvalue weighted by atomic mass is 9.98. The van der Waals surface area contributed by atoms with E-state index in [0.29, 0.717) is 11.1 Å². The average molecular weight is 300 g/mol. The number of hydrogen-bond donors (Lipinski definition) is 0. The van der Waals surface area contributed by atoms with Crippen LogP contribution in [0.15, 0.2) is 54.9 Å². The van der Waals surface area contributed by atoms with E-state index in [0.717, 1.165) is 10.8 Å². The first-order chi connectivity index (χ1) is 10.2. The molecule has 1 aromatic heterocycles. The SMILES string of the molecule is O=C(Cc1cccc(Cl)c1F)c1cccc2ccncc12. The summed E-state index contributed by atoms with van der Waals surface area (Å²) in [5.41, 5.74) is 0.841. The van der Waals surface area contributed by atoms with Crippen molar-refractivity contribution in [1.29, 1.82) is 0 Å². The normalized spacial score (nSPS) is 10.8. The highest BCUT2D eigenvalue weighted by atomic mass is 35.5.